The largest absolute Gasteiger partial charge is 0.480 e. The zero-order valence-electron chi connectivity index (χ0n) is 22.7. The zero-order chi connectivity index (χ0) is 32.1. The Kier molecular flexibility index (Phi) is 7.62. The summed E-state index contributed by atoms with van der Waals surface area (Å²) in [5.41, 5.74) is 0.492. The van der Waals surface area contributed by atoms with Crippen LogP contribution in [0.1, 0.15) is 39.0 Å². The number of carboxylic acids is 1. The molecule has 6 rings (SSSR count). The number of carbonyl (C=O) groups is 3. The van der Waals surface area contributed by atoms with Crippen molar-refractivity contribution in [1.29, 1.82) is 0 Å². The first kappa shape index (κ1) is 30.3. The number of halogens is 5. The molecule has 2 heterocycles. The van der Waals surface area contributed by atoms with Crippen LogP contribution in [0.2, 0.25) is 10.0 Å². The first-order valence-electron chi connectivity index (χ1n) is 13.3. The third kappa shape index (κ3) is 5.53. The normalized spacial score (nSPS) is 16.2. The molecule has 4 aromatic rings. The predicted molar refractivity (Wildman–Crippen MR) is 154 cm³/mol. The summed E-state index contributed by atoms with van der Waals surface area (Å²) in [6, 6.07) is 18.8. The molecular formula is C32H19Cl2F3O8. The van der Waals surface area contributed by atoms with E-state index < -0.39 is 42.5 Å². The van der Waals surface area contributed by atoms with Crippen molar-refractivity contribution in [3.05, 3.63) is 111 Å². The van der Waals surface area contributed by atoms with Crippen LogP contribution in [0.25, 0.3) is 0 Å². The molecule has 45 heavy (non-hydrogen) atoms. The maximum absolute atomic E-state index is 13.1. The second-order valence-corrected chi connectivity index (χ2v) is 10.9. The molecule has 0 bridgehead atoms. The van der Waals surface area contributed by atoms with E-state index in [-0.39, 0.29) is 39.5 Å². The molecule has 0 aromatic heterocycles. The van der Waals surface area contributed by atoms with Gasteiger partial charge in [-0.3, -0.25) is 4.79 Å². The number of hydrogen-bond acceptors (Lipinski definition) is 7. The highest BCUT2D eigenvalue weighted by Gasteiger charge is 2.54. The number of rotatable bonds is 8. The van der Waals surface area contributed by atoms with Crippen LogP contribution in [0, 0.1) is 0 Å². The minimum atomic E-state index is -4.88. The summed E-state index contributed by atoms with van der Waals surface area (Å²) in [5, 5.41) is 9.25. The van der Waals surface area contributed by atoms with Crippen LogP contribution in [0.4, 0.5) is 13.2 Å². The molecule has 0 saturated heterocycles. The summed E-state index contributed by atoms with van der Waals surface area (Å²) < 4.78 is 61.2. The molecule has 1 atom stereocenters. The molecule has 2 aliphatic heterocycles. The van der Waals surface area contributed by atoms with Gasteiger partial charge in [0.1, 0.15) is 28.7 Å². The minimum absolute atomic E-state index is 0.0245. The Labute approximate surface area is 262 Å². The third-order valence-electron chi connectivity index (χ3n) is 7.28. The van der Waals surface area contributed by atoms with Crippen molar-refractivity contribution in [3.63, 3.8) is 0 Å². The van der Waals surface area contributed by atoms with Crippen molar-refractivity contribution in [2.45, 2.75) is 24.6 Å². The molecule has 8 nitrogen and oxygen atoms in total. The number of benzene rings is 4. The number of aryl methyl sites for hydroxylation is 1. The van der Waals surface area contributed by atoms with Gasteiger partial charge in [-0.1, -0.05) is 53.5 Å². The van der Waals surface area contributed by atoms with Crippen LogP contribution in [-0.2, 0) is 26.3 Å². The molecule has 0 radical (unpaired) electrons. The lowest BCUT2D eigenvalue weighted by Gasteiger charge is -2.37. The van der Waals surface area contributed by atoms with E-state index in [2.05, 4.69) is 0 Å². The number of carbonyl (C=O) groups excluding carboxylic acids is 2. The molecule has 0 fully saturated rings. The van der Waals surface area contributed by atoms with E-state index in [0.29, 0.717) is 33.6 Å². The van der Waals surface area contributed by atoms with Crippen LogP contribution in [0.15, 0.2) is 72.8 Å². The molecule has 0 saturated carbocycles. The molecule has 0 aliphatic carbocycles. The molecule has 4 aromatic carbocycles. The highest BCUT2D eigenvalue weighted by Crippen LogP contribution is 2.58. The topological polar surface area (TPSA) is 108 Å². The van der Waals surface area contributed by atoms with E-state index in [1.807, 2.05) is 0 Å². The van der Waals surface area contributed by atoms with Crippen molar-refractivity contribution in [2.75, 3.05) is 6.61 Å². The molecule has 0 amide bonds. The number of Topliss-reactive ketones (excluding diaryl/α,β-unsaturated/α-hetero) is 1. The van der Waals surface area contributed by atoms with E-state index in [4.69, 9.17) is 47.3 Å². The van der Waals surface area contributed by atoms with Crippen molar-refractivity contribution in [3.8, 4) is 28.7 Å². The summed E-state index contributed by atoms with van der Waals surface area (Å²) in [5.74, 6) is -2.80. The Morgan fingerprint density at radius 1 is 0.867 bits per heavy atom. The van der Waals surface area contributed by atoms with Gasteiger partial charge in [-0.25, -0.2) is 9.59 Å². The van der Waals surface area contributed by atoms with Crippen LogP contribution in [0.5, 0.6) is 28.7 Å². The summed E-state index contributed by atoms with van der Waals surface area (Å²) in [4.78, 5) is 35.4. The van der Waals surface area contributed by atoms with Crippen molar-refractivity contribution >= 4 is 40.9 Å². The molecular weight excluding hydrogens is 640 g/mol. The number of alkyl halides is 3. The van der Waals surface area contributed by atoms with Crippen molar-refractivity contribution < 1.29 is 51.6 Å². The van der Waals surface area contributed by atoms with Gasteiger partial charge in [-0.05, 0) is 42.3 Å². The number of esters is 1. The van der Waals surface area contributed by atoms with Gasteiger partial charge in [0.2, 0.25) is 5.78 Å². The average molecular weight is 659 g/mol. The van der Waals surface area contributed by atoms with Gasteiger partial charge in [0.05, 0.1) is 15.6 Å². The fourth-order valence-corrected chi connectivity index (χ4v) is 5.67. The molecule has 230 valence electrons. The Morgan fingerprint density at radius 3 is 2.13 bits per heavy atom. The SMILES string of the molecule is O=C(O)COc1cc2c(cc1Cl)C1(OC(=O)c3ccccc31)c1cc(Cl)c(Oc3ccc(CCC(=O)C(F)(F)F)cc3)cc1O2. The first-order chi connectivity index (χ1) is 21.4. The summed E-state index contributed by atoms with van der Waals surface area (Å²) in [6.45, 7) is -0.664. The molecule has 1 unspecified atom stereocenters. The lowest BCUT2D eigenvalue weighted by atomic mass is 9.77. The van der Waals surface area contributed by atoms with Gasteiger partial charge in [0.25, 0.3) is 0 Å². The highest BCUT2D eigenvalue weighted by atomic mass is 35.5. The quantitative estimate of drug-likeness (QED) is 0.191. The molecule has 1 spiro atoms. The predicted octanol–water partition coefficient (Wildman–Crippen LogP) is 7.88. The molecule has 13 heteroatoms. The monoisotopic (exact) mass is 658 g/mol. The van der Waals surface area contributed by atoms with Crippen molar-refractivity contribution in [1.82, 2.24) is 0 Å². The Morgan fingerprint density at radius 2 is 1.49 bits per heavy atom. The summed E-state index contributed by atoms with van der Waals surface area (Å²) >= 11 is 13.2. The maximum Gasteiger partial charge on any atom is 0.449 e. The van der Waals surface area contributed by atoms with Gasteiger partial charge in [0.15, 0.2) is 12.2 Å². The van der Waals surface area contributed by atoms with Crippen molar-refractivity contribution in [2.24, 2.45) is 0 Å². The Bertz CT molecular complexity index is 1870. The Hall–Kier alpha value is -4.74. The summed E-state index contributed by atoms with van der Waals surface area (Å²) in [7, 11) is 0. The van der Waals surface area contributed by atoms with Crippen LogP contribution in [0.3, 0.4) is 0 Å². The second-order valence-electron chi connectivity index (χ2n) is 10.1. The first-order valence-corrected chi connectivity index (χ1v) is 14.0. The lowest BCUT2D eigenvalue weighted by molar-refractivity contribution is -0.171. The fourth-order valence-electron chi connectivity index (χ4n) is 5.25. The maximum atomic E-state index is 13.1. The standard InChI is InChI=1S/C32H19Cl2F3O8/c33-22-11-20-24(13-26(22)42-15-29(39)40)44-25-14-27(43-17-8-5-16(6-9-17)7-10-28(38)32(35,36)37)23(34)12-21(25)31(20)19-4-2-1-3-18(19)30(41)45-31/h1-6,8-9,11-14H,7,10,15H2,(H,39,40). The van der Waals surface area contributed by atoms with E-state index in [1.165, 1.54) is 48.5 Å². The fraction of sp³-hybridized carbons (Fsp3) is 0.156. The lowest BCUT2D eigenvalue weighted by Crippen LogP contribution is -2.33. The van der Waals surface area contributed by atoms with Gasteiger partial charge >= 0.3 is 18.1 Å². The number of carboxylic acid groups (broad SMARTS) is 1. The van der Waals surface area contributed by atoms with Crippen LogP contribution < -0.4 is 14.2 Å². The van der Waals surface area contributed by atoms with Gasteiger partial charge < -0.3 is 24.1 Å². The van der Waals surface area contributed by atoms with E-state index in [1.54, 1.807) is 24.3 Å². The smallest absolute Gasteiger partial charge is 0.449 e. The van der Waals surface area contributed by atoms with E-state index in [0.717, 1.165) is 0 Å². The van der Waals surface area contributed by atoms with Crippen LogP contribution in [-0.4, -0.2) is 35.6 Å². The van der Waals surface area contributed by atoms with Gasteiger partial charge in [-0.2, -0.15) is 13.2 Å². The number of ether oxygens (including phenoxy) is 4. The number of ketones is 1. The highest BCUT2D eigenvalue weighted by molar-refractivity contribution is 6.32. The zero-order valence-corrected chi connectivity index (χ0v) is 24.3. The second kappa shape index (κ2) is 11.3. The number of hydrogen-bond donors (Lipinski definition) is 1. The number of fused-ring (bicyclic) bond motifs is 6. The minimum Gasteiger partial charge on any atom is -0.480 e. The third-order valence-corrected chi connectivity index (χ3v) is 7.87. The van der Waals surface area contributed by atoms with Gasteiger partial charge in [0, 0.05) is 35.2 Å². The molecule has 2 aliphatic rings. The summed E-state index contributed by atoms with van der Waals surface area (Å²) in [6.07, 6.45) is -5.66. The number of aliphatic carboxylic acids is 1. The van der Waals surface area contributed by atoms with Crippen LogP contribution >= 0.6 is 23.2 Å². The van der Waals surface area contributed by atoms with E-state index in [9.17, 15) is 27.6 Å². The molecule has 1 N–H and O–H groups in total. The Balaban J connectivity index is 1.38. The van der Waals surface area contributed by atoms with E-state index >= 15 is 0 Å². The average Bonchev–Trinajstić information content (AvgIpc) is 3.29. The van der Waals surface area contributed by atoms with Gasteiger partial charge in [-0.15, -0.1) is 0 Å².